The molecule has 168 valence electrons. The fourth-order valence-corrected chi connectivity index (χ4v) is 4.15. The second-order valence-electron chi connectivity index (χ2n) is 8.43. The largest absolute Gasteiger partial charge is 0.490 e. The molecule has 2 N–H and O–H groups in total. The van der Waals surface area contributed by atoms with E-state index in [0.29, 0.717) is 11.4 Å². The lowest BCUT2D eigenvalue weighted by molar-refractivity contribution is 0.0680. The van der Waals surface area contributed by atoms with Crippen LogP contribution in [0.1, 0.15) is 35.2 Å². The van der Waals surface area contributed by atoms with Crippen molar-refractivity contribution >= 4 is 22.7 Å². The summed E-state index contributed by atoms with van der Waals surface area (Å²) >= 11 is 0. The van der Waals surface area contributed by atoms with Gasteiger partial charge in [-0.2, -0.15) is 0 Å². The Kier molecular flexibility index (Phi) is 5.69. The van der Waals surface area contributed by atoms with E-state index in [-0.39, 0.29) is 11.7 Å². The van der Waals surface area contributed by atoms with Gasteiger partial charge in [-0.05, 0) is 55.5 Å². The Bertz CT molecular complexity index is 1310. The summed E-state index contributed by atoms with van der Waals surface area (Å²) in [4.78, 5) is 20.4. The first-order valence-corrected chi connectivity index (χ1v) is 11.2. The number of hydrogen-bond acceptors (Lipinski definition) is 5. The van der Waals surface area contributed by atoms with E-state index in [1.807, 2.05) is 6.07 Å². The molecule has 4 aromatic rings. The van der Waals surface area contributed by atoms with E-state index >= 15 is 0 Å². The standard InChI is InChI=1S/C26H26N4O3/c1-30-13-11-20-17(4-2-7-23(20)30)10-12-27-25-15-22(28-16-29-25)18-8-9-21(26(31)32)24(14-18)33-19-5-3-6-19/h2,4,7-9,11,13-16,19H,3,5-6,10,12H2,1H3,(H,31,32)(H,27,28,29). The van der Waals surface area contributed by atoms with Gasteiger partial charge in [0.1, 0.15) is 23.5 Å². The van der Waals surface area contributed by atoms with Crippen LogP contribution < -0.4 is 10.1 Å². The lowest BCUT2D eigenvalue weighted by Crippen LogP contribution is -2.25. The molecule has 1 aliphatic carbocycles. The zero-order valence-corrected chi connectivity index (χ0v) is 18.5. The fraction of sp³-hybridized carbons (Fsp3) is 0.269. The van der Waals surface area contributed by atoms with Crippen molar-refractivity contribution in [3.63, 3.8) is 0 Å². The van der Waals surface area contributed by atoms with Crippen molar-refractivity contribution in [1.29, 1.82) is 0 Å². The molecule has 0 amide bonds. The monoisotopic (exact) mass is 442 g/mol. The van der Waals surface area contributed by atoms with Gasteiger partial charge in [-0.1, -0.05) is 18.2 Å². The van der Waals surface area contributed by atoms with Crippen LogP contribution in [0.2, 0.25) is 0 Å². The van der Waals surface area contributed by atoms with Crippen LogP contribution in [0.4, 0.5) is 5.82 Å². The van der Waals surface area contributed by atoms with E-state index in [1.165, 1.54) is 22.8 Å². The third kappa shape index (κ3) is 4.39. The predicted octanol–water partition coefficient (Wildman–Crippen LogP) is 4.92. The molecule has 2 aromatic heterocycles. The van der Waals surface area contributed by atoms with E-state index in [4.69, 9.17) is 4.74 Å². The number of carboxylic acid groups (broad SMARTS) is 1. The third-order valence-corrected chi connectivity index (χ3v) is 6.24. The molecule has 2 heterocycles. The number of fused-ring (bicyclic) bond motifs is 1. The van der Waals surface area contributed by atoms with Crippen molar-refractivity contribution < 1.29 is 14.6 Å². The van der Waals surface area contributed by atoms with Gasteiger partial charge in [-0.3, -0.25) is 0 Å². The van der Waals surface area contributed by atoms with E-state index < -0.39 is 5.97 Å². The van der Waals surface area contributed by atoms with E-state index in [1.54, 1.807) is 18.2 Å². The normalized spacial score (nSPS) is 13.6. The zero-order chi connectivity index (χ0) is 22.8. The highest BCUT2D eigenvalue weighted by atomic mass is 16.5. The summed E-state index contributed by atoms with van der Waals surface area (Å²) < 4.78 is 8.07. The summed E-state index contributed by atoms with van der Waals surface area (Å²) in [6.45, 7) is 0.735. The molecule has 0 radical (unpaired) electrons. The Labute approximate surface area is 192 Å². The molecule has 0 aliphatic heterocycles. The number of aryl methyl sites for hydroxylation is 1. The first-order chi connectivity index (χ1) is 16.1. The number of carboxylic acids is 1. The summed E-state index contributed by atoms with van der Waals surface area (Å²) in [6, 6.07) is 15.5. The smallest absolute Gasteiger partial charge is 0.339 e. The number of hydrogen-bond donors (Lipinski definition) is 2. The summed E-state index contributed by atoms with van der Waals surface area (Å²) in [5.41, 5.74) is 4.20. The number of aromatic carboxylic acids is 1. The second-order valence-corrected chi connectivity index (χ2v) is 8.43. The van der Waals surface area contributed by atoms with Gasteiger partial charge in [0.05, 0.1) is 11.8 Å². The molecule has 5 rings (SSSR count). The minimum absolute atomic E-state index is 0.0926. The van der Waals surface area contributed by atoms with Crippen molar-refractivity contribution in [3.05, 3.63) is 72.2 Å². The number of aromatic nitrogens is 3. The van der Waals surface area contributed by atoms with Crippen molar-refractivity contribution in [2.75, 3.05) is 11.9 Å². The van der Waals surface area contributed by atoms with Crippen LogP contribution in [-0.2, 0) is 13.5 Å². The fourth-order valence-electron chi connectivity index (χ4n) is 4.15. The topological polar surface area (TPSA) is 89.3 Å². The summed E-state index contributed by atoms with van der Waals surface area (Å²) in [7, 11) is 2.05. The van der Waals surface area contributed by atoms with Crippen molar-refractivity contribution in [2.45, 2.75) is 31.8 Å². The molecule has 0 saturated heterocycles. The molecular formula is C26H26N4O3. The zero-order valence-electron chi connectivity index (χ0n) is 18.5. The van der Waals surface area contributed by atoms with Crippen LogP contribution in [0, 0.1) is 0 Å². The highest BCUT2D eigenvalue weighted by molar-refractivity contribution is 5.92. The quantitative estimate of drug-likeness (QED) is 0.403. The summed E-state index contributed by atoms with van der Waals surface area (Å²) in [6.07, 6.45) is 7.60. The number of nitrogens with one attached hydrogen (secondary N) is 1. The lowest BCUT2D eigenvalue weighted by Gasteiger charge is -2.27. The first-order valence-electron chi connectivity index (χ1n) is 11.2. The Morgan fingerprint density at radius 1 is 1.18 bits per heavy atom. The number of rotatable bonds is 8. The SMILES string of the molecule is Cn1ccc2c(CCNc3cc(-c4ccc(C(=O)O)c(OC5CCC5)c4)ncn3)cccc21. The average Bonchev–Trinajstić information content (AvgIpc) is 3.18. The molecule has 1 fully saturated rings. The average molecular weight is 443 g/mol. The van der Waals surface area contributed by atoms with Gasteiger partial charge >= 0.3 is 5.97 Å². The number of carbonyl (C=O) groups is 1. The highest BCUT2D eigenvalue weighted by Crippen LogP contribution is 2.31. The maximum absolute atomic E-state index is 11.6. The van der Waals surface area contributed by atoms with Gasteiger partial charge in [0.2, 0.25) is 0 Å². The van der Waals surface area contributed by atoms with Gasteiger partial charge in [0.15, 0.2) is 0 Å². The number of anilines is 1. The number of benzene rings is 2. The molecule has 1 aliphatic rings. The van der Waals surface area contributed by atoms with Crippen molar-refractivity contribution in [2.24, 2.45) is 7.05 Å². The summed E-state index contributed by atoms with van der Waals surface area (Å²) in [5.74, 6) is 0.132. The van der Waals surface area contributed by atoms with Crippen LogP contribution in [-0.4, -0.2) is 38.3 Å². The van der Waals surface area contributed by atoms with E-state index in [0.717, 1.165) is 43.6 Å². The lowest BCUT2D eigenvalue weighted by atomic mass is 9.96. The highest BCUT2D eigenvalue weighted by Gasteiger charge is 2.22. The van der Waals surface area contributed by atoms with Gasteiger partial charge in [-0.15, -0.1) is 0 Å². The molecule has 0 spiro atoms. The van der Waals surface area contributed by atoms with Crippen LogP contribution in [0.3, 0.4) is 0 Å². The number of nitrogens with zero attached hydrogens (tertiary/aromatic N) is 3. The first kappa shape index (κ1) is 21.0. The maximum Gasteiger partial charge on any atom is 0.339 e. The Morgan fingerprint density at radius 2 is 2.06 bits per heavy atom. The van der Waals surface area contributed by atoms with E-state index in [9.17, 15) is 9.90 Å². The van der Waals surface area contributed by atoms with Gasteiger partial charge in [0, 0.05) is 42.3 Å². The van der Waals surface area contributed by atoms with Gasteiger partial charge in [-0.25, -0.2) is 14.8 Å². The predicted molar refractivity (Wildman–Crippen MR) is 128 cm³/mol. The van der Waals surface area contributed by atoms with Gasteiger partial charge in [0.25, 0.3) is 0 Å². The Morgan fingerprint density at radius 3 is 2.85 bits per heavy atom. The minimum Gasteiger partial charge on any atom is -0.490 e. The molecule has 2 aromatic carbocycles. The third-order valence-electron chi connectivity index (χ3n) is 6.24. The van der Waals surface area contributed by atoms with E-state index in [2.05, 4.69) is 57.4 Å². The maximum atomic E-state index is 11.6. The summed E-state index contributed by atoms with van der Waals surface area (Å²) in [5, 5.41) is 14.2. The van der Waals surface area contributed by atoms with Crippen LogP contribution in [0.25, 0.3) is 22.2 Å². The Hall–Kier alpha value is -3.87. The molecule has 7 nitrogen and oxygen atoms in total. The van der Waals surface area contributed by atoms with Crippen LogP contribution in [0.5, 0.6) is 5.75 Å². The molecule has 7 heteroatoms. The second kappa shape index (κ2) is 8.94. The van der Waals surface area contributed by atoms with Crippen LogP contribution in [0.15, 0.2) is 61.1 Å². The molecule has 0 unspecified atom stereocenters. The molecule has 0 bridgehead atoms. The van der Waals surface area contributed by atoms with Crippen molar-refractivity contribution in [1.82, 2.24) is 14.5 Å². The number of ether oxygens (including phenoxy) is 1. The molecule has 1 saturated carbocycles. The van der Waals surface area contributed by atoms with Crippen molar-refractivity contribution in [3.8, 4) is 17.0 Å². The Balaban J connectivity index is 1.31. The molecular weight excluding hydrogens is 416 g/mol. The molecule has 33 heavy (non-hydrogen) atoms. The van der Waals surface area contributed by atoms with Crippen LogP contribution >= 0.6 is 0 Å². The van der Waals surface area contributed by atoms with Gasteiger partial charge < -0.3 is 19.7 Å². The molecule has 0 atom stereocenters. The minimum atomic E-state index is -0.991.